The van der Waals surface area contributed by atoms with Gasteiger partial charge in [0, 0.05) is 38.1 Å². The highest BCUT2D eigenvalue weighted by molar-refractivity contribution is 14.0. The minimum atomic E-state index is 0. The van der Waals surface area contributed by atoms with E-state index in [1.54, 1.807) is 6.20 Å². The lowest BCUT2D eigenvalue weighted by Crippen LogP contribution is -2.44. The van der Waals surface area contributed by atoms with E-state index < -0.39 is 0 Å². The van der Waals surface area contributed by atoms with Crippen molar-refractivity contribution >= 4 is 35.6 Å². The van der Waals surface area contributed by atoms with Gasteiger partial charge >= 0.3 is 0 Å². The van der Waals surface area contributed by atoms with Crippen molar-refractivity contribution in [3.05, 3.63) is 48.3 Å². The molecular formula is C19H31IN6. The van der Waals surface area contributed by atoms with E-state index in [1.807, 2.05) is 36.0 Å². The van der Waals surface area contributed by atoms with Gasteiger partial charge in [-0.15, -0.1) is 24.0 Å². The molecule has 2 rings (SSSR count). The van der Waals surface area contributed by atoms with Crippen molar-refractivity contribution in [1.29, 1.82) is 0 Å². The number of nitrogens with zero attached hydrogens (tertiary/aromatic N) is 3. The zero-order valence-corrected chi connectivity index (χ0v) is 18.4. The molecule has 1 aromatic carbocycles. The van der Waals surface area contributed by atoms with Crippen LogP contribution >= 0.6 is 24.0 Å². The minimum Gasteiger partial charge on any atom is -0.380 e. The molecule has 3 N–H and O–H groups in total. The molecule has 0 saturated carbocycles. The van der Waals surface area contributed by atoms with E-state index in [0.717, 1.165) is 30.4 Å². The quantitative estimate of drug-likeness (QED) is 0.315. The molecule has 0 fully saturated rings. The number of anilines is 1. The maximum absolute atomic E-state index is 4.66. The molecule has 0 bridgehead atoms. The van der Waals surface area contributed by atoms with Crippen molar-refractivity contribution < 1.29 is 0 Å². The molecule has 26 heavy (non-hydrogen) atoms. The van der Waals surface area contributed by atoms with Crippen LogP contribution in [-0.4, -0.2) is 34.9 Å². The standard InChI is InChI=1S/C19H30N6.HI/c1-5-20-19(21-13-17-11-12-23-25(17)4)22-14-18(15(2)3)24-16-9-7-6-8-10-16;/h6-12,15,18,24H,5,13-14H2,1-4H3,(H2,20,21,22);1H. The van der Waals surface area contributed by atoms with Crippen molar-refractivity contribution in [2.45, 2.75) is 33.4 Å². The second kappa shape index (κ2) is 11.8. The summed E-state index contributed by atoms with van der Waals surface area (Å²) < 4.78 is 1.85. The van der Waals surface area contributed by atoms with E-state index in [4.69, 9.17) is 0 Å². The maximum atomic E-state index is 4.66. The van der Waals surface area contributed by atoms with E-state index in [1.165, 1.54) is 0 Å². The second-order valence-corrected chi connectivity index (χ2v) is 6.38. The van der Waals surface area contributed by atoms with E-state index >= 15 is 0 Å². The van der Waals surface area contributed by atoms with Crippen LogP contribution in [0.3, 0.4) is 0 Å². The average Bonchev–Trinajstić information content (AvgIpc) is 3.01. The van der Waals surface area contributed by atoms with Crippen LogP contribution in [0.1, 0.15) is 26.5 Å². The van der Waals surface area contributed by atoms with E-state index in [2.05, 4.69) is 58.9 Å². The van der Waals surface area contributed by atoms with Gasteiger partial charge in [0.1, 0.15) is 0 Å². The summed E-state index contributed by atoms with van der Waals surface area (Å²) in [7, 11) is 1.93. The van der Waals surface area contributed by atoms with Gasteiger partial charge in [0.05, 0.1) is 12.2 Å². The molecule has 1 aromatic heterocycles. The summed E-state index contributed by atoms with van der Waals surface area (Å²) in [6, 6.07) is 12.6. The molecular weight excluding hydrogens is 439 g/mol. The van der Waals surface area contributed by atoms with Crippen molar-refractivity contribution in [3.63, 3.8) is 0 Å². The van der Waals surface area contributed by atoms with Gasteiger partial charge in [-0.05, 0) is 31.0 Å². The van der Waals surface area contributed by atoms with E-state index in [0.29, 0.717) is 18.5 Å². The van der Waals surface area contributed by atoms with Gasteiger partial charge in [-0.1, -0.05) is 32.0 Å². The van der Waals surface area contributed by atoms with Crippen LogP contribution in [0.5, 0.6) is 0 Å². The van der Waals surface area contributed by atoms with Crippen LogP contribution in [0.15, 0.2) is 47.6 Å². The van der Waals surface area contributed by atoms with Gasteiger partial charge in [-0.25, -0.2) is 4.99 Å². The molecule has 6 nitrogen and oxygen atoms in total. The third-order valence-electron chi connectivity index (χ3n) is 4.09. The van der Waals surface area contributed by atoms with Crippen molar-refractivity contribution in [2.75, 3.05) is 18.4 Å². The third kappa shape index (κ3) is 7.23. The molecule has 1 unspecified atom stereocenters. The Labute approximate surface area is 173 Å². The number of aryl methyl sites for hydroxylation is 1. The highest BCUT2D eigenvalue weighted by Crippen LogP contribution is 2.11. The Morgan fingerprint density at radius 2 is 1.88 bits per heavy atom. The van der Waals surface area contributed by atoms with Crippen molar-refractivity contribution in [1.82, 2.24) is 20.4 Å². The highest BCUT2D eigenvalue weighted by Gasteiger charge is 2.13. The number of nitrogens with one attached hydrogen (secondary N) is 3. The van der Waals surface area contributed by atoms with Crippen LogP contribution in [-0.2, 0) is 13.6 Å². The molecule has 0 amide bonds. The smallest absolute Gasteiger partial charge is 0.191 e. The first-order valence-corrected chi connectivity index (χ1v) is 8.90. The normalized spacial score (nSPS) is 12.4. The van der Waals surface area contributed by atoms with Gasteiger partial charge in [-0.2, -0.15) is 5.10 Å². The first kappa shape index (κ1) is 22.3. The monoisotopic (exact) mass is 470 g/mol. The first-order chi connectivity index (χ1) is 12.1. The van der Waals surface area contributed by atoms with Gasteiger partial charge < -0.3 is 16.0 Å². The third-order valence-corrected chi connectivity index (χ3v) is 4.09. The van der Waals surface area contributed by atoms with Crippen LogP contribution in [0.4, 0.5) is 5.69 Å². The molecule has 2 aromatic rings. The van der Waals surface area contributed by atoms with Gasteiger partial charge in [0.15, 0.2) is 5.96 Å². The zero-order chi connectivity index (χ0) is 18.1. The fourth-order valence-electron chi connectivity index (χ4n) is 2.47. The molecule has 144 valence electrons. The summed E-state index contributed by atoms with van der Waals surface area (Å²) in [5.41, 5.74) is 2.22. The zero-order valence-electron chi connectivity index (χ0n) is 16.1. The molecule has 0 aliphatic carbocycles. The molecule has 1 atom stereocenters. The predicted molar refractivity (Wildman–Crippen MR) is 120 cm³/mol. The Morgan fingerprint density at radius 3 is 2.46 bits per heavy atom. The predicted octanol–water partition coefficient (Wildman–Crippen LogP) is 3.23. The number of para-hydroxylation sites is 1. The number of halogens is 1. The minimum absolute atomic E-state index is 0. The Hall–Kier alpha value is -1.77. The fraction of sp³-hybridized carbons (Fsp3) is 0.474. The molecule has 1 heterocycles. The Balaban J connectivity index is 0.00000338. The first-order valence-electron chi connectivity index (χ1n) is 8.90. The molecule has 7 heteroatoms. The van der Waals surface area contributed by atoms with Gasteiger partial charge in [0.25, 0.3) is 0 Å². The Morgan fingerprint density at radius 1 is 1.15 bits per heavy atom. The SMILES string of the molecule is CCNC(=NCc1ccnn1C)NCC(Nc1ccccc1)C(C)C.I. The Bertz CT molecular complexity index is 653. The number of hydrogen-bond donors (Lipinski definition) is 3. The summed E-state index contributed by atoms with van der Waals surface area (Å²) >= 11 is 0. The van der Waals surface area contributed by atoms with E-state index in [-0.39, 0.29) is 24.0 Å². The second-order valence-electron chi connectivity index (χ2n) is 6.38. The average molecular weight is 470 g/mol. The van der Waals surface area contributed by atoms with Gasteiger partial charge in [0.2, 0.25) is 0 Å². The fourth-order valence-corrected chi connectivity index (χ4v) is 2.47. The lowest BCUT2D eigenvalue weighted by atomic mass is 10.0. The number of guanidine groups is 1. The maximum Gasteiger partial charge on any atom is 0.191 e. The van der Waals surface area contributed by atoms with Crippen molar-refractivity contribution in [3.8, 4) is 0 Å². The van der Waals surface area contributed by atoms with Crippen LogP contribution < -0.4 is 16.0 Å². The lowest BCUT2D eigenvalue weighted by Gasteiger charge is -2.25. The molecule has 0 aliphatic heterocycles. The van der Waals surface area contributed by atoms with Gasteiger partial charge in [-0.3, -0.25) is 4.68 Å². The van der Waals surface area contributed by atoms with E-state index in [9.17, 15) is 0 Å². The van der Waals surface area contributed by atoms with Crippen molar-refractivity contribution in [2.24, 2.45) is 18.0 Å². The van der Waals surface area contributed by atoms with Crippen LogP contribution in [0, 0.1) is 5.92 Å². The summed E-state index contributed by atoms with van der Waals surface area (Å²) in [5, 5.41) is 14.5. The Kier molecular flexibility index (Phi) is 10.1. The summed E-state index contributed by atoms with van der Waals surface area (Å²) in [6.45, 7) is 8.75. The number of hydrogen-bond acceptors (Lipinski definition) is 3. The summed E-state index contributed by atoms with van der Waals surface area (Å²) in [4.78, 5) is 4.66. The summed E-state index contributed by atoms with van der Waals surface area (Å²) in [6.07, 6.45) is 1.80. The number of aromatic nitrogens is 2. The number of benzene rings is 1. The van der Waals surface area contributed by atoms with Crippen LogP contribution in [0.25, 0.3) is 0 Å². The topological polar surface area (TPSA) is 66.3 Å². The molecule has 0 radical (unpaired) electrons. The number of rotatable bonds is 8. The lowest BCUT2D eigenvalue weighted by molar-refractivity contribution is 0.512. The molecule has 0 spiro atoms. The highest BCUT2D eigenvalue weighted by atomic mass is 127. The number of aliphatic imine (C=N–C) groups is 1. The summed E-state index contributed by atoms with van der Waals surface area (Å²) in [5.74, 6) is 1.32. The largest absolute Gasteiger partial charge is 0.380 e. The molecule has 0 aliphatic rings. The van der Waals surface area contributed by atoms with Crippen LogP contribution in [0.2, 0.25) is 0 Å². The molecule has 0 saturated heterocycles.